The molecule has 15 heavy (non-hydrogen) atoms. The summed E-state index contributed by atoms with van der Waals surface area (Å²) in [4.78, 5) is 11.2. The van der Waals surface area contributed by atoms with Gasteiger partial charge >= 0.3 is 5.97 Å². The number of carbonyl (C=O) groups excluding carboxylic acids is 1. The van der Waals surface area contributed by atoms with Crippen molar-refractivity contribution in [1.82, 2.24) is 5.32 Å². The molecule has 1 aliphatic rings. The fraction of sp³-hybridized carbons (Fsp3) is 0.909. The molecule has 1 saturated carbocycles. The molecule has 0 aromatic rings. The van der Waals surface area contributed by atoms with Gasteiger partial charge in [-0.2, -0.15) is 0 Å². The third kappa shape index (κ3) is 3.47. The fourth-order valence-electron chi connectivity index (χ4n) is 1.91. The lowest BCUT2D eigenvalue weighted by atomic mass is 10.0. The molecule has 2 N–H and O–H groups in total. The van der Waals surface area contributed by atoms with E-state index in [1.54, 1.807) is 0 Å². The van der Waals surface area contributed by atoms with Gasteiger partial charge in [-0.1, -0.05) is 6.92 Å². The van der Waals surface area contributed by atoms with Crippen LogP contribution in [-0.2, 0) is 9.53 Å². The Kier molecular flexibility index (Phi) is 4.11. The second-order valence-electron chi connectivity index (χ2n) is 4.64. The molecule has 0 spiro atoms. The van der Waals surface area contributed by atoms with Gasteiger partial charge in [0.1, 0.15) is 0 Å². The first kappa shape index (κ1) is 12.5. The molecule has 4 nitrogen and oxygen atoms in total. The van der Waals surface area contributed by atoms with Crippen molar-refractivity contribution in [3.63, 3.8) is 0 Å². The van der Waals surface area contributed by atoms with Crippen molar-refractivity contribution in [2.75, 3.05) is 13.7 Å². The van der Waals surface area contributed by atoms with Gasteiger partial charge in [-0.15, -0.1) is 0 Å². The van der Waals surface area contributed by atoms with Crippen molar-refractivity contribution in [2.45, 2.75) is 44.7 Å². The van der Waals surface area contributed by atoms with Gasteiger partial charge in [-0.25, -0.2) is 0 Å². The summed E-state index contributed by atoms with van der Waals surface area (Å²) >= 11 is 0. The number of methoxy groups -OCH3 is 1. The summed E-state index contributed by atoms with van der Waals surface area (Å²) in [6.07, 6.45) is 2.80. The minimum atomic E-state index is -0.169. The Labute approximate surface area is 91.0 Å². The lowest BCUT2D eigenvalue weighted by Crippen LogP contribution is -2.42. The van der Waals surface area contributed by atoms with Crippen molar-refractivity contribution in [3.8, 4) is 0 Å². The number of esters is 1. The molecule has 0 heterocycles. The zero-order valence-corrected chi connectivity index (χ0v) is 9.75. The molecule has 1 aliphatic carbocycles. The summed E-state index contributed by atoms with van der Waals surface area (Å²) in [6.45, 7) is 4.08. The van der Waals surface area contributed by atoms with E-state index in [-0.39, 0.29) is 30.1 Å². The largest absolute Gasteiger partial charge is 0.469 e. The fourth-order valence-corrected chi connectivity index (χ4v) is 1.91. The van der Waals surface area contributed by atoms with Crippen LogP contribution in [-0.4, -0.2) is 36.4 Å². The van der Waals surface area contributed by atoms with Gasteiger partial charge in [0.15, 0.2) is 0 Å². The molecule has 1 fully saturated rings. The van der Waals surface area contributed by atoms with Crippen LogP contribution in [0.25, 0.3) is 0 Å². The van der Waals surface area contributed by atoms with Crippen LogP contribution in [0.15, 0.2) is 0 Å². The molecule has 1 rings (SSSR count). The first-order valence-corrected chi connectivity index (χ1v) is 5.49. The van der Waals surface area contributed by atoms with E-state index in [4.69, 9.17) is 5.11 Å². The van der Waals surface area contributed by atoms with E-state index in [0.717, 1.165) is 19.3 Å². The van der Waals surface area contributed by atoms with Gasteiger partial charge in [-0.3, -0.25) is 4.79 Å². The van der Waals surface area contributed by atoms with E-state index in [1.807, 2.05) is 13.8 Å². The summed E-state index contributed by atoms with van der Waals surface area (Å²) in [6, 6.07) is 0.230. The molecule has 88 valence electrons. The Morgan fingerprint density at radius 3 is 2.53 bits per heavy atom. The monoisotopic (exact) mass is 215 g/mol. The zero-order valence-electron chi connectivity index (χ0n) is 9.75. The van der Waals surface area contributed by atoms with Crippen LogP contribution in [0.5, 0.6) is 0 Å². The van der Waals surface area contributed by atoms with Gasteiger partial charge in [0, 0.05) is 11.6 Å². The lowest BCUT2D eigenvalue weighted by molar-refractivity contribution is -0.145. The van der Waals surface area contributed by atoms with Crippen molar-refractivity contribution in [1.29, 1.82) is 0 Å². The number of nitrogens with one attached hydrogen (secondary N) is 1. The first-order chi connectivity index (χ1) is 7.03. The smallest absolute Gasteiger partial charge is 0.308 e. The Morgan fingerprint density at radius 1 is 1.53 bits per heavy atom. The molecule has 0 aromatic heterocycles. The van der Waals surface area contributed by atoms with Crippen LogP contribution < -0.4 is 5.32 Å². The summed E-state index contributed by atoms with van der Waals surface area (Å²) < 4.78 is 4.67. The van der Waals surface area contributed by atoms with Crippen LogP contribution in [0.4, 0.5) is 0 Å². The standard InChI is InChI=1S/C11H21NO3/c1-8(10(14)15-3)6-9(2)12-11(7-13)4-5-11/h8-9,12-13H,4-7H2,1-3H3. The second kappa shape index (κ2) is 4.94. The number of ether oxygens (including phenoxy) is 1. The summed E-state index contributed by atoms with van der Waals surface area (Å²) in [5, 5.41) is 12.5. The molecule has 0 aliphatic heterocycles. The number of rotatable bonds is 6. The van der Waals surface area contributed by atoms with E-state index >= 15 is 0 Å². The van der Waals surface area contributed by atoms with Crippen LogP contribution in [0, 0.1) is 5.92 Å². The average molecular weight is 215 g/mol. The molecular formula is C11H21NO3. The highest BCUT2D eigenvalue weighted by atomic mass is 16.5. The highest BCUT2D eigenvalue weighted by molar-refractivity contribution is 5.71. The average Bonchev–Trinajstić information content (AvgIpc) is 2.96. The zero-order chi connectivity index (χ0) is 11.5. The maximum absolute atomic E-state index is 11.2. The van der Waals surface area contributed by atoms with E-state index in [9.17, 15) is 4.79 Å². The Morgan fingerprint density at radius 2 is 2.13 bits per heavy atom. The molecule has 4 heteroatoms. The minimum Gasteiger partial charge on any atom is -0.469 e. The van der Waals surface area contributed by atoms with Gasteiger partial charge in [-0.05, 0) is 26.2 Å². The number of aliphatic hydroxyl groups excluding tert-OH is 1. The number of aliphatic hydroxyl groups is 1. The van der Waals surface area contributed by atoms with Gasteiger partial charge in [0.25, 0.3) is 0 Å². The van der Waals surface area contributed by atoms with Crippen LogP contribution in [0.1, 0.15) is 33.1 Å². The SMILES string of the molecule is COC(=O)C(C)CC(C)NC1(CO)CC1. The van der Waals surface area contributed by atoms with E-state index < -0.39 is 0 Å². The first-order valence-electron chi connectivity index (χ1n) is 5.49. The topological polar surface area (TPSA) is 58.6 Å². The quantitative estimate of drug-likeness (QED) is 0.640. The normalized spacial score (nSPS) is 21.9. The molecule has 0 bridgehead atoms. The Bertz CT molecular complexity index is 226. The molecule has 0 radical (unpaired) electrons. The molecule has 0 aromatic carbocycles. The van der Waals surface area contributed by atoms with E-state index in [0.29, 0.717) is 0 Å². The third-order valence-corrected chi connectivity index (χ3v) is 3.02. The molecule has 0 saturated heterocycles. The molecule has 2 atom stereocenters. The van der Waals surface area contributed by atoms with Crippen LogP contribution >= 0.6 is 0 Å². The minimum absolute atomic E-state index is 0.0603. The number of hydrogen-bond acceptors (Lipinski definition) is 4. The van der Waals surface area contributed by atoms with Gasteiger partial charge in [0.2, 0.25) is 0 Å². The van der Waals surface area contributed by atoms with Crippen molar-refractivity contribution < 1.29 is 14.6 Å². The maximum atomic E-state index is 11.2. The predicted molar refractivity (Wildman–Crippen MR) is 57.4 cm³/mol. The maximum Gasteiger partial charge on any atom is 0.308 e. The van der Waals surface area contributed by atoms with Gasteiger partial charge in [0.05, 0.1) is 19.6 Å². The van der Waals surface area contributed by atoms with Crippen molar-refractivity contribution >= 4 is 5.97 Å². The summed E-state index contributed by atoms with van der Waals surface area (Å²) in [7, 11) is 1.41. The van der Waals surface area contributed by atoms with E-state index in [2.05, 4.69) is 10.1 Å². The summed E-state index contributed by atoms with van der Waals surface area (Å²) in [5.41, 5.74) is -0.0603. The van der Waals surface area contributed by atoms with Crippen LogP contribution in [0.2, 0.25) is 0 Å². The van der Waals surface area contributed by atoms with Crippen LogP contribution in [0.3, 0.4) is 0 Å². The molecule has 0 amide bonds. The lowest BCUT2D eigenvalue weighted by Gasteiger charge is -2.22. The number of carbonyl (C=O) groups is 1. The summed E-state index contributed by atoms with van der Waals surface area (Å²) in [5.74, 6) is -0.260. The Balaban J connectivity index is 2.29. The van der Waals surface area contributed by atoms with Gasteiger partial charge < -0.3 is 15.2 Å². The second-order valence-corrected chi connectivity index (χ2v) is 4.64. The predicted octanol–water partition coefficient (Wildman–Crippen LogP) is 0.689. The van der Waals surface area contributed by atoms with Crippen molar-refractivity contribution in [3.05, 3.63) is 0 Å². The third-order valence-electron chi connectivity index (χ3n) is 3.02. The number of hydrogen-bond donors (Lipinski definition) is 2. The highest BCUT2D eigenvalue weighted by Crippen LogP contribution is 2.35. The van der Waals surface area contributed by atoms with E-state index in [1.165, 1.54) is 7.11 Å². The Hall–Kier alpha value is -0.610. The highest BCUT2D eigenvalue weighted by Gasteiger charge is 2.42. The molecular weight excluding hydrogens is 194 g/mol. The van der Waals surface area contributed by atoms with Crippen molar-refractivity contribution in [2.24, 2.45) is 5.92 Å². The molecule has 2 unspecified atom stereocenters.